The number of benzene rings is 1. The third kappa shape index (κ3) is 4.99. The second-order valence-electron chi connectivity index (χ2n) is 8.20. The van der Waals surface area contributed by atoms with Crippen LogP contribution < -0.4 is 4.74 Å². The number of rotatable bonds is 6. The number of hydrogen-bond acceptors (Lipinski definition) is 4. The summed E-state index contributed by atoms with van der Waals surface area (Å²) in [5.74, 6) is 2.95. The lowest BCUT2D eigenvalue weighted by Gasteiger charge is -2.34. The lowest BCUT2D eigenvalue weighted by Crippen LogP contribution is -2.43. The Morgan fingerprint density at radius 2 is 2.00 bits per heavy atom. The van der Waals surface area contributed by atoms with E-state index in [9.17, 15) is 4.79 Å². The number of aryl methyl sites for hydroxylation is 1. The topological polar surface area (TPSA) is 56.6 Å². The highest BCUT2D eigenvalue weighted by atomic mass is 16.5. The maximum Gasteiger partial charge on any atom is 0.260 e. The molecule has 6 heteroatoms. The standard InChI is InChI=1S/C23H31N3O3/c1-18-14-24-23(20-9-12-28-13-10-20)26(18)16-19-6-5-11-25(15-19)22(27)17-29-21-7-3-2-4-8-21/h2-4,7-8,14,19-20H,5-6,9-13,15-17H2,1H3. The van der Waals surface area contributed by atoms with Crippen molar-refractivity contribution in [2.24, 2.45) is 5.92 Å². The SMILES string of the molecule is Cc1cnc(C2CCOCC2)n1CC1CCCN(C(=O)COc2ccccc2)C1. The number of aromatic nitrogens is 2. The molecule has 0 spiro atoms. The van der Waals surface area contributed by atoms with Gasteiger partial charge in [-0.3, -0.25) is 4.79 Å². The van der Waals surface area contributed by atoms with E-state index in [-0.39, 0.29) is 12.5 Å². The minimum absolute atomic E-state index is 0.0746. The summed E-state index contributed by atoms with van der Waals surface area (Å²) < 4.78 is 13.6. The summed E-state index contributed by atoms with van der Waals surface area (Å²) in [6.45, 7) is 6.43. The molecule has 2 aliphatic heterocycles. The van der Waals surface area contributed by atoms with E-state index in [4.69, 9.17) is 14.5 Å². The van der Waals surface area contributed by atoms with E-state index in [2.05, 4.69) is 11.5 Å². The van der Waals surface area contributed by atoms with Gasteiger partial charge in [-0.05, 0) is 50.7 Å². The number of para-hydroxylation sites is 1. The molecule has 6 nitrogen and oxygen atoms in total. The Morgan fingerprint density at radius 3 is 2.79 bits per heavy atom. The maximum absolute atomic E-state index is 12.7. The number of carbonyl (C=O) groups excluding carboxylic acids is 1. The molecule has 29 heavy (non-hydrogen) atoms. The van der Waals surface area contributed by atoms with Crippen LogP contribution in [0.1, 0.15) is 43.1 Å². The van der Waals surface area contributed by atoms with E-state index < -0.39 is 0 Å². The number of amides is 1. The van der Waals surface area contributed by atoms with E-state index in [0.29, 0.717) is 11.8 Å². The highest BCUT2D eigenvalue weighted by Gasteiger charge is 2.27. The van der Waals surface area contributed by atoms with Gasteiger partial charge in [-0.2, -0.15) is 0 Å². The van der Waals surface area contributed by atoms with Gasteiger partial charge in [0, 0.05) is 50.7 Å². The van der Waals surface area contributed by atoms with Crippen LogP contribution in [0.25, 0.3) is 0 Å². The van der Waals surface area contributed by atoms with E-state index in [1.807, 2.05) is 41.4 Å². The second kappa shape index (κ2) is 9.44. The first-order valence-electron chi connectivity index (χ1n) is 10.8. The van der Waals surface area contributed by atoms with Gasteiger partial charge in [0.1, 0.15) is 11.6 Å². The molecule has 2 fully saturated rings. The van der Waals surface area contributed by atoms with Crippen molar-refractivity contribution in [3.63, 3.8) is 0 Å². The highest BCUT2D eigenvalue weighted by Crippen LogP contribution is 2.28. The van der Waals surface area contributed by atoms with Crippen molar-refractivity contribution in [3.8, 4) is 5.75 Å². The Morgan fingerprint density at radius 1 is 1.21 bits per heavy atom. The number of hydrogen-bond donors (Lipinski definition) is 0. The van der Waals surface area contributed by atoms with Crippen LogP contribution in [0.5, 0.6) is 5.75 Å². The zero-order valence-electron chi connectivity index (χ0n) is 17.3. The molecule has 0 radical (unpaired) electrons. The summed E-state index contributed by atoms with van der Waals surface area (Å²) in [6, 6.07) is 9.54. The molecule has 0 bridgehead atoms. The maximum atomic E-state index is 12.7. The van der Waals surface area contributed by atoms with Gasteiger partial charge in [-0.25, -0.2) is 4.98 Å². The number of ether oxygens (including phenoxy) is 2. The molecule has 0 aliphatic carbocycles. The van der Waals surface area contributed by atoms with Gasteiger partial charge in [-0.1, -0.05) is 18.2 Å². The number of carbonyl (C=O) groups is 1. The molecule has 156 valence electrons. The van der Waals surface area contributed by atoms with Crippen molar-refractivity contribution in [2.45, 2.75) is 45.1 Å². The van der Waals surface area contributed by atoms with Crippen LogP contribution in [0.3, 0.4) is 0 Å². The fraction of sp³-hybridized carbons (Fsp3) is 0.565. The van der Waals surface area contributed by atoms with Crippen molar-refractivity contribution in [1.82, 2.24) is 14.5 Å². The van der Waals surface area contributed by atoms with Gasteiger partial charge >= 0.3 is 0 Å². The molecule has 1 unspecified atom stereocenters. The van der Waals surface area contributed by atoms with Gasteiger partial charge in [0.05, 0.1) is 0 Å². The first-order valence-corrected chi connectivity index (χ1v) is 10.8. The lowest BCUT2D eigenvalue weighted by molar-refractivity contribution is -0.135. The quantitative estimate of drug-likeness (QED) is 0.750. The highest BCUT2D eigenvalue weighted by molar-refractivity contribution is 5.77. The van der Waals surface area contributed by atoms with Crippen LogP contribution in [-0.2, 0) is 16.1 Å². The Bertz CT molecular complexity index is 799. The molecule has 0 N–H and O–H groups in total. The normalized spacial score (nSPS) is 20.6. The van der Waals surface area contributed by atoms with Crippen molar-refractivity contribution in [2.75, 3.05) is 32.9 Å². The molecule has 0 saturated carbocycles. The van der Waals surface area contributed by atoms with Gasteiger partial charge in [0.15, 0.2) is 6.61 Å². The predicted molar refractivity (Wildman–Crippen MR) is 111 cm³/mol. The van der Waals surface area contributed by atoms with Crippen LogP contribution in [0, 0.1) is 12.8 Å². The molecule has 2 aromatic rings. The third-order valence-corrected chi connectivity index (χ3v) is 6.09. The van der Waals surface area contributed by atoms with Crippen LogP contribution in [0.15, 0.2) is 36.5 Å². The number of likely N-dealkylation sites (tertiary alicyclic amines) is 1. The van der Waals surface area contributed by atoms with E-state index >= 15 is 0 Å². The van der Waals surface area contributed by atoms with Gasteiger partial charge < -0.3 is 18.9 Å². The molecule has 4 rings (SSSR count). The molecular weight excluding hydrogens is 366 g/mol. The lowest BCUT2D eigenvalue weighted by atomic mass is 9.96. The largest absolute Gasteiger partial charge is 0.484 e. The van der Waals surface area contributed by atoms with Crippen molar-refractivity contribution in [3.05, 3.63) is 48.0 Å². The van der Waals surface area contributed by atoms with Crippen LogP contribution in [0.2, 0.25) is 0 Å². The van der Waals surface area contributed by atoms with Crippen LogP contribution >= 0.6 is 0 Å². The zero-order chi connectivity index (χ0) is 20.1. The van der Waals surface area contributed by atoms with Gasteiger partial charge in [0.2, 0.25) is 0 Å². The first-order chi connectivity index (χ1) is 14.2. The summed E-state index contributed by atoms with van der Waals surface area (Å²) in [7, 11) is 0. The average molecular weight is 398 g/mol. The minimum Gasteiger partial charge on any atom is -0.484 e. The van der Waals surface area contributed by atoms with Crippen molar-refractivity contribution < 1.29 is 14.3 Å². The Labute approximate surface area is 172 Å². The zero-order valence-corrected chi connectivity index (χ0v) is 17.3. The summed E-state index contributed by atoms with van der Waals surface area (Å²) >= 11 is 0. The third-order valence-electron chi connectivity index (χ3n) is 6.09. The molecule has 1 atom stereocenters. The molecule has 1 aromatic carbocycles. The predicted octanol–water partition coefficient (Wildman–Crippen LogP) is 3.40. The van der Waals surface area contributed by atoms with Crippen molar-refractivity contribution >= 4 is 5.91 Å². The van der Waals surface area contributed by atoms with E-state index in [1.165, 1.54) is 11.5 Å². The monoisotopic (exact) mass is 397 g/mol. The second-order valence-corrected chi connectivity index (χ2v) is 8.20. The van der Waals surface area contributed by atoms with Gasteiger partial charge in [0.25, 0.3) is 5.91 Å². The smallest absolute Gasteiger partial charge is 0.260 e. The summed E-state index contributed by atoms with van der Waals surface area (Å²) in [4.78, 5) is 19.4. The first kappa shape index (κ1) is 20.0. The fourth-order valence-electron chi connectivity index (χ4n) is 4.45. The van der Waals surface area contributed by atoms with E-state index in [0.717, 1.165) is 64.3 Å². The molecule has 2 aliphatic rings. The summed E-state index contributed by atoms with van der Waals surface area (Å²) in [5, 5.41) is 0. The molecule has 2 saturated heterocycles. The Hall–Kier alpha value is -2.34. The fourth-order valence-corrected chi connectivity index (χ4v) is 4.45. The molecule has 1 aromatic heterocycles. The molecule has 1 amide bonds. The Kier molecular flexibility index (Phi) is 6.49. The summed E-state index contributed by atoms with van der Waals surface area (Å²) in [6.07, 6.45) is 6.27. The van der Waals surface area contributed by atoms with E-state index in [1.54, 1.807) is 0 Å². The number of imidazole rings is 1. The van der Waals surface area contributed by atoms with Crippen molar-refractivity contribution in [1.29, 1.82) is 0 Å². The molecular formula is C23H31N3O3. The minimum atomic E-state index is 0.0746. The number of piperidine rings is 1. The molecule has 3 heterocycles. The summed E-state index contributed by atoms with van der Waals surface area (Å²) in [5.41, 5.74) is 1.21. The van der Waals surface area contributed by atoms with Crippen LogP contribution in [0.4, 0.5) is 0 Å². The van der Waals surface area contributed by atoms with Gasteiger partial charge in [-0.15, -0.1) is 0 Å². The number of nitrogens with zero attached hydrogens (tertiary/aromatic N) is 3. The average Bonchev–Trinajstić information content (AvgIpc) is 3.13. The van der Waals surface area contributed by atoms with Crippen LogP contribution in [-0.4, -0.2) is 53.3 Å². The Balaban J connectivity index is 1.35.